The number of benzene rings is 3. The number of esters is 1. The first-order valence-electron chi connectivity index (χ1n) is 8.60. The van der Waals surface area contributed by atoms with Crippen molar-refractivity contribution in [2.24, 2.45) is 0 Å². The minimum absolute atomic E-state index is 0.0486. The molecule has 3 aromatic carbocycles. The summed E-state index contributed by atoms with van der Waals surface area (Å²) in [5.41, 5.74) is 0.399. The molecule has 0 saturated heterocycles. The van der Waals surface area contributed by atoms with Crippen molar-refractivity contribution < 1.29 is 27.1 Å². The number of halogens is 1. The maximum atomic E-state index is 13.5. The van der Waals surface area contributed by atoms with Gasteiger partial charge in [-0.15, -0.1) is 0 Å². The summed E-state index contributed by atoms with van der Waals surface area (Å²) < 4.78 is 50.1. The van der Waals surface area contributed by atoms with E-state index in [0.29, 0.717) is 5.69 Å². The second kappa shape index (κ2) is 8.74. The zero-order valence-electron chi connectivity index (χ0n) is 15.5. The Labute approximate surface area is 168 Å². The highest BCUT2D eigenvalue weighted by molar-refractivity contribution is 7.92. The quantitative estimate of drug-likeness (QED) is 0.435. The lowest BCUT2D eigenvalue weighted by Crippen LogP contribution is -2.26. The molecule has 3 aromatic rings. The van der Waals surface area contributed by atoms with Gasteiger partial charge in [-0.25, -0.2) is 17.6 Å². The van der Waals surface area contributed by atoms with Gasteiger partial charge in [0.1, 0.15) is 5.75 Å². The van der Waals surface area contributed by atoms with Gasteiger partial charge in [-0.1, -0.05) is 30.3 Å². The molecular weight excluding hydrogens is 397 g/mol. The maximum absolute atomic E-state index is 13.5. The lowest BCUT2D eigenvalue weighted by molar-refractivity contribution is -0.136. The standard InChI is InChI=1S/C21H18FNO5S/c1-23(29(25,26)18-7-3-2-4-8-18)16-11-13-17(14-12-16)28-21(24)15-27-20-10-6-5-9-19(20)22/h2-14H,15H2,1H3. The summed E-state index contributed by atoms with van der Waals surface area (Å²) >= 11 is 0. The predicted octanol–water partition coefficient (Wildman–Crippen LogP) is 3.64. The summed E-state index contributed by atoms with van der Waals surface area (Å²) in [5.74, 6) is -1.13. The van der Waals surface area contributed by atoms with Crippen LogP contribution in [0.3, 0.4) is 0 Å². The SMILES string of the molecule is CN(c1ccc(OC(=O)COc2ccccc2F)cc1)S(=O)(=O)c1ccccc1. The van der Waals surface area contributed by atoms with Gasteiger partial charge in [0.25, 0.3) is 10.0 Å². The number of nitrogens with zero attached hydrogens (tertiary/aromatic N) is 1. The topological polar surface area (TPSA) is 72.9 Å². The van der Waals surface area contributed by atoms with E-state index in [0.717, 1.165) is 4.31 Å². The van der Waals surface area contributed by atoms with Crippen LogP contribution in [0, 0.1) is 5.82 Å². The first-order chi connectivity index (χ1) is 13.9. The molecule has 0 bridgehead atoms. The number of rotatable bonds is 7. The van der Waals surface area contributed by atoms with Gasteiger partial charge in [0.05, 0.1) is 10.6 Å². The Kier molecular flexibility index (Phi) is 6.13. The molecule has 0 N–H and O–H groups in total. The highest BCUT2D eigenvalue weighted by Gasteiger charge is 2.21. The fourth-order valence-corrected chi connectivity index (χ4v) is 3.69. The Hall–Kier alpha value is -3.39. The largest absolute Gasteiger partial charge is 0.479 e. The number of ether oxygens (including phenoxy) is 2. The molecule has 0 heterocycles. The van der Waals surface area contributed by atoms with Crippen molar-refractivity contribution in [3.8, 4) is 11.5 Å². The van der Waals surface area contributed by atoms with Gasteiger partial charge in [0, 0.05) is 7.05 Å². The molecule has 8 heteroatoms. The number of hydrogen-bond donors (Lipinski definition) is 0. The van der Waals surface area contributed by atoms with E-state index < -0.39 is 28.4 Å². The van der Waals surface area contributed by atoms with Gasteiger partial charge in [-0.05, 0) is 48.5 Å². The molecule has 0 saturated carbocycles. The van der Waals surface area contributed by atoms with E-state index in [-0.39, 0.29) is 16.4 Å². The number of hydrogen-bond acceptors (Lipinski definition) is 5. The van der Waals surface area contributed by atoms with Gasteiger partial charge < -0.3 is 9.47 Å². The number of carbonyl (C=O) groups excluding carboxylic acids is 1. The van der Waals surface area contributed by atoms with Crippen molar-refractivity contribution in [3.63, 3.8) is 0 Å². The lowest BCUT2D eigenvalue weighted by atomic mass is 10.3. The summed E-state index contributed by atoms with van der Waals surface area (Å²) in [5, 5.41) is 0. The van der Waals surface area contributed by atoms with E-state index in [4.69, 9.17) is 9.47 Å². The number of para-hydroxylation sites is 1. The van der Waals surface area contributed by atoms with Crippen molar-refractivity contribution in [3.05, 3.63) is 84.7 Å². The van der Waals surface area contributed by atoms with Crippen LogP contribution in [0.25, 0.3) is 0 Å². The molecule has 0 aliphatic carbocycles. The van der Waals surface area contributed by atoms with Crippen LogP contribution in [0.1, 0.15) is 0 Å². The van der Waals surface area contributed by atoms with Crippen LogP contribution >= 0.6 is 0 Å². The van der Waals surface area contributed by atoms with Gasteiger partial charge in [0.15, 0.2) is 18.2 Å². The van der Waals surface area contributed by atoms with E-state index in [1.807, 2.05) is 0 Å². The zero-order chi connectivity index (χ0) is 20.9. The van der Waals surface area contributed by atoms with Crippen molar-refractivity contribution in [1.82, 2.24) is 0 Å². The zero-order valence-corrected chi connectivity index (χ0v) is 16.3. The normalized spacial score (nSPS) is 11.0. The van der Waals surface area contributed by atoms with Crippen molar-refractivity contribution in [2.75, 3.05) is 18.0 Å². The molecule has 0 aromatic heterocycles. The summed E-state index contributed by atoms with van der Waals surface area (Å²) in [4.78, 5) is 12.1. The van der Waals surface area contributed by atoms with E-state index in [1.54, 1.807) is 24.3 Å². The third kappa shape index (κ3) is 4.91. The molecule has 0 radical (unpaired) electrons. The van der Waals surface area contributed by atoms with E-state index in [1.165, 1.54) is 61.6 Å². The molecule has 0 fully saturated rings. The molecule has 0 unspecified atom stereocenters. The van der Waals surface area contributed by atoms with Crippen molar-refractivity contribution >= 4 is 21.7 Å². The predicted molar refractivity (Wildman–Crippen MR) is 106 cm³/mol. The molecular formula is C21H18FNO5S. The third-order valence-electron chi connectivity index (χ3n) is 4.02. The molecule has 0 atom stereocenters. The van der Waals surface area contributed by atoms with Crippen LogP contribution in [0.2, 0.25) is 0 Å². The number of anilines is 1. The van der Waals surface area contributed by atoms with Crippen LogP contribution in [-0.4, -0.2) is 28.0 Å². The third-order valence-corrected chi connectivity index (χ3v) is 5.82. The van der Waals surface area contributed by atoms with Crippen LogP contribution in [-0.2, 0) is 14.8 Å². The maximum Gasteiger partial charge on any atom is 0.349 e. The molecule has 0 spiro atoms. The Balaban J connectivity index is 1.62. The average Bonchev–Trinajstić information content (AvgIpc) is 2.74. The van der Waals surface area contributed by atoms with Gasteiger partial charge in [-0.2, -0.15) is 0 Å². The van der Waals surface area contributed by atoms with Crippen LogP contribution in [0.5, 0.6) is 11.5 Å². The Morgan fingerprint density at radius 2 is 1.55 bits per heavy atom. The van der Waals surface area contributed by atoms with E-state index >= 15 is 0 Å². The summed E-state index contributed by atoms with van der Waals surface area (Å²) in [7, 11) is -2.27. The van der Waals surface area contributed by atoms with Gasteiger partial charge in [0.2, 0.25) is 0 Å². The van der Waals surface area contributed by atoms with Crippen LogP contribution in [0.4, 0.5) is 10.1 Å². The van der Waals surface area contributed by atoms with E-state index in [2.05, 4.69) is 0 Å². The smallest absolute Gasteiger partial charge is 0.349 e. The molecule has 6 nitrogen and oxygen atoms in total. The Morgan fingerprint density at radius 3 is 2.21 bits per heavy atom. The van der Waals surface area contributed by atoms with Crippen molar-refractivity contribution in [1.29, 1.82) is 0 Å². The number of carbonyl (C=O) groups is 1. The van der Waals surface area contributed by atoms with Crippen LogP contribution < -0.4 is 13.8 Å². The minimum Gasteiger partial charge on any atom is -0.479 e. The van der Waals surface area contributed by atoms with Crippen LogP contribution in [0.15, 0.2) is 83.8 Å². The summed E-state index contributed by atoms with van der Waals surface area (Å²) in [6, 6.07) is 19.7. The molecule has 0 amide bonds. The van der Waals surface area contributed by atoms with E-state index in [9.17, 15) is 17.6 Å². The monoisotopic (exact) mass is 415 g/mol. The first kappa shape index (κ1) is 20.3. The fourth-order valence-electron chi connectivity index (χ4n) is 2.47. The average molecular weight is 415 g/mol. The second-order valence-corrected chi connectivity index (χ2v) is 7.94. The highest BCUT2D eigenvalue weighted by atomic mass is 32.2. The second-order valence-electron chi connectivity index (χ2n) is 5.97. The Morgan fingerprint density at radius 1 is 0.931 bits per heavy atom. The van der Waals surface area contributed by atoms with Gasteiger partial charge in [-0.3, -0.25) is 4.31 Å². The fraction of sp³-hybridized carbons (Fsp3) is 0.0952. The molecule has 0 aliphatic heterocycles. The van der Waals surface area contributed by atoms with Crippen molar-refractivity contribution in [2.45, 2.75) is 4.90 Å². The summed E-state index contributed by atoms with van der Waals surface area (Å²) in [6.45, 7) is -0.467. The first-order valence-corrected chi connectivity index (χ1v) is 10.0. The Bertz CT molecular complexity index is 1090. The van der Waals surface area contributed by atoms with Gasteiger partial charge >= 0.3 is 5.97 Å². The molecule has 3 rings (SSSR count). The highest BCUT2D eigenvalue weighted by Crippen LogP contribution is 2.24. The lowest BCUT2D eigenvalue weighted by Gasteiger charge is -2.19. The molecule has 0 aliphatic rings. The molecule has 150 valence electrons. The summed E-state index contributed by atoms with van der Waals surface area (Å²) in [6.07, 6.45) is 0. The minimum atomic E-state index is -3.70. The number of sulfonamides is 1. The molecule has 29 heavy (non-hydrogen) atoms.